The van der Waals surface area contributed by atoms with Crippen molar-refractivity contribution < 1.29 is 14.3 Å². The topological polar surface area (TPSA) is 87.7 Å². The number of morpholine rings is 1. The molecule has 2 heterocycles. The van der Waals surface area contributed by atoms with Gasteiger partial charge in [-0.25, -0.2) is 4.98 Å². The minimum atomic E-state index is -0.196. The summed E-state index contributed by atoms with van der Waals surface area (Å²) >= 11 is 0. The van der Waals surface area contributed by atoms with Gasteiger partial charge in [-0.2, -0.15) is 0 Å². The number of hydrogen-bond donors (Lipinski definition) is 1. The molecular formula is C23H31N5O3. The predicted octanol–water partition coefficient (Wildman–Crippen LogP) is 1.31. The van der Waals surface area contributed by atoms with E-state index in [2.05, 4.69) is 20.2 Å². The number of carbonyl (C=O) groups is 2. The van der Waals surface area contributed by atoms with Crippen LogP contribution in [-0.4, -0.2) is 84.1 Å². The first-order chi connectivity index (χ1) is 15.1. The van der Waals surface area contributed by atoms with Crippen LogP contribution in [0, 0.1) is 6.92 Å². The number of nitrogens with zero attached hydrogens (tertiary/aromatic N) is 4. The van der Waals surface area contributed by atoms with E-state index < -0.39 is 0 Å². The Labute approximate surface area is 183 Å². The van der Waals surface area contributed by atoms with Gasteiger partial charge in [0.05, 0.1) is 25.1 Å². The fraction of sp³-hybridized carbons (Fsp3) is 0.478. The van der Waals surface area contributed by atoms with E-state index in [1.807, 2.05) is 37.3 Å². The first-order valence-corrected chi connectivity index (χ1v) is 10.8. The van der Waals surface area contributed by atoms with Crippen molar-refractivity contribution in [2.75, 3.05) is 52.5 Å². The summed E-state index contributed by atoms with van der Waals surface area (Å²) in [5, 5.41) is 2.95. The highest BCUT2D eigenvalue weighted by Gasteiger charge is 2.20. The molecule has 0 bridgehead atoms. The molecule has 0 saturated carbocycles. The number of amides is 2. The highest BCUT2D eigenvalue weighted by Crippen LogP contribution is 2.05. The lowest BCUT2D eigenvalue weighted by molar-refractivity contribution is -0.121. The van der Waals surface area contributed by atoms with Gasteiger partial charge in [-0.3, -0.25) is 19.5 Å². The van der Waals surface area contributed by atoms with Gasteiger partial charge in [0.15, 0.2) is 0 Å². The van der Waals surface area contributed by atoms with Gasteiger partial charge in [-0.1, -0.05) is 30.3 Å². The molecule has 1 N–H and O–H groups in total. The lowest BCUT2D eigenvalue weighted by atomic mass is 10.1. The molecule has 3 rings (SSSR count). The molecule has 2 amide bonds. The summed E-state index contributed by atoms with van der Waals surface area (Å²) in [5.41, 5.74) is 2.24. The van der Waals surface area contributed by atoms with Gasteiger partial charge in [0, 0.05) is 51.9 Å². The quantitative estimate of drug-likeness (QED) is 0.618. The summed E-state index contributed by atoms with van der Waals surface area (Å²) in [6.45, 7) is 7.15. The zero-order valence-corrected chi connectivity index (χ0v) is 18.1. The molecule has 1 aliphatic heterocycles. The van der Waals surface area contributed by atoms with E-state index >= 15 is 0 Å². The van der Waals surface area contributed by atoms with Crippen LogP contribution in [0.15, 0.2) is 42.7 Å². The number of nitrogens with one attached hydrogen (secondary N) is 1. The molecule has 8 nitrogen and oxygen atoms in total. The lowest BCUT2D eigenvalue weighted by Gasteiger charge is -2.30. The Balaban J connectivity index is 1.51. The molecule has 0 radical (unpaired) electrons. The molecule has 0 atom stereocenters. The third-order valence-electron chi connectivity index (χ3n) is 5.26. The van der Waals surface area contributed by atoms with Crippen LogP contribution in [0.4, 0.5) is 0 Å². The van der Waals surface area contributed by atoms with Crippen LogP contribution in [-0.2, 0) is 16.0 Å². The second kappa shape index (κ2) is 12.1. The number of aromatic nitrogens is 2. The highest BCUT2D eigenvalue weighted by atomic mass is 16.5. The first kappa shape index (κ1) is 22.8. The molecule has 1 saturated heterocycles. The van der Waals surface area contributed by atoms with Gasteiger partial charge in [0.1, 0.15) is 5.69 Å². The molecule has 2 aromatic rings. The molecular weight excluding hydrogens is 394 g/mol. The van der Waals surface area contributed by atoms with Gasteiger partial charge in [0.2, 0.25) is 5.91 Å². The standard InChI is InChI=1S/C23H31N5O3/c1-19-17-26-21(18-25-19)23(30)28(12-11-27-13-15-31-16-14-27)10-8-22(29)24-9-7-20-5-3-2-4-6-20/h2-6,17-18H,7-16H2,1H3,(H,24,29). The smallest absolute Gasteiger partial charge is 0.274 e. The fourth-order valence-corrected chi connectivity index (χ4v) is 3.38. The minimum absolute atomic E-state index is 0.0601. The third-order valence-corrected chi connectivity index (χ3v) is 5.26. The molecule has 1 fully saturated rings. The average molecular weight is 426 g/mol. The maximum atomic E-state index is 13.0. The van der Waals surface area contributed by atoms with Crippen molar-refractivity contribution in [3.05, 3.63) is 59.7 Å². The van der Waals surface area contributed by atoms with Crippen LogP contribution in [0.2, 0.25) is 0 Å². The van der Waals surface area contributed by atoms with E-state index in [4.69, 9.17) is 4.74 Å². The maximum Gasteiger partial charge on any atom is 0.274 e. The molecule has 0 aliphatic carbocycles. The number of benzene rings is 1. The summed E-state index contributed by atoms with van der Waals surface area (Å²) < 4.78 is 5.39. The molecule has 1 aromatic carbocycles. The van der Waals surface area contributed by atoms with Crippen LogP contribution in [0.3, 0.4) is 0 Å². The molecule has 166 valence electrons. The van der Waals surface area contributed by atoms with E-state index in [1.165, 1.54) is 11.8 Å². The Morgan fingerprint density at radius 2 is 1.87 bits per heavy atom. The zero-order chi connectivity index (χ0) is 21.9. The highest BCUT2D eigenvalue weighted by molar-refractivity contribution is 5.92. The summed E-state index contributed by atoms with van der Waals surface area (Å²) in [4.78, 5) is 37.7. The minimum Gasteiger partial charge on any atom is -0.379 e. The number of carbonyl (C=O) groups excluding carboxylic acids is 2. The summed E-state index contributed by atoms with van der Waals surface area (Å²) in [6, 6.07) is 10.0. The van der Waals surface area contributed by atoms with Gasteiger partial charge in [-0.05, 0) is 18.9 Å². The van der Waals surface area contributed by atoms with Crippen LogP contribution in [0.5, 0.6) is 0 Å². The normalized spacial score (nSPS) is 14.2. The Morgan fingerprint density at radius 3 is 2.58 bits per heavy atom. The molecule has 0 unspecified atom stereocenters. The molecule has 1 aliphatic rings. The van der Waals surface area contributed by atoms with Crippen LogP contribution in [0.25, 0.3) is 0 Å². The summed E-state index contributed by atoms with van der Waals surface area (Å²) in [6.07, 6.45) is 4.12. The second-order valence-corrected chi connectivity index (χ2v) is 7.62. The number of ether oxygens (including phenoxy) is 1. The number of rotatable bonds is 10. The van der Waals surface area contributed by atoms with E-state index in [0.717, 1.165) is 31.7 Å². The maximum absolute atomic E-state index is 13.0. The number of hydrogen-bond acceptors (Lipinski definition) is 6. The number of aryl methyl sites for hydroxylation is 1. The van der Waals surface area contributed by atoms with Gasteiger partial charge in [-0.15, -0.1) is 0 Å². The Morgan fingerprint density at radius 1 is 1.10 bits per heavy atom. The molecule has 8 heteroatoms. The van der Waals surface area contributed by atoms with Crippen LogP contribution in [0.1, 0.15) is 28.2 Å². The van der Waals surface area contributed by atoms with E-state index in [9.17, 15) is 9.59 Å². The lowest BCUT2D eigenvalue weighted by Crippen LogP contribution is -2.44. The van der Waals surface area contributed by atoms with Gasteiger partial charge < -0.3 is 15.0 Å². The molecule has 31 heavy (non-hydrogen) atoms. The largest absolute Gasteiger partial charge is 0.379 e. The van der Waals surface area contributed by atoms with Crippen molar-refractivity contribution in [3.8, 4) is 0 Å². The van der Waals surface area contributed by atoms with Crippen molar-refractivity contribution >= 4 is 11.8 Å². The van der Waals surface area contributed by atoms with E-state index in [-0.39, 0.29) is 18.2 Å². The van der Waals surface area contributed by atoms with Gasteiger partial charge in [0.25, 0.3) is 5.91 Å². The van der Waals surface area contributed by atoms with Crippen molar-refractivity contribution in [2.24, 2.45) is 0 Å². The van der Waals surface area contributed by atoms with Crippen LogP contribution < -0.4 is 5.32 Å². The summed E-state index contributed by atoms with van der Waals surface area (Å²) in [7, 11) is 0. The van der Waals surface area contributed by atoms with Crippen molar-refractivity contribution in [3.63, 3.8) is 0 Å². The van der Waals surface area contributed by atoms with Crippen molar-refractivity contribution in [2.45, 2.75) is 19.8 Å². The Bertz CT molecular complexity index is 823. The van der Waals surface area contributed by atoms with Gasteiger partial charge >= 0.3 is 0 Å². The fourth-order valence-electron chi connectivity index (χ4n) is 3.38. The molecule has 0 spiro atoms. The second-order valence-electron chi connectivity index (χ2n) is 7.62. The summed E-state index contributed by atoms with van der Waals surface area (Å²) in [5.74, 6) is -0.257. The monoisotopic (exact) mass is 425 g/mol. The first-order valence-electron chi connectivity index (χ1n) is 10.8. The predicted molar refractivity (Wildman–Crippen MR) is 118 cm³/mol. The molecule has 1 aromatic heterocycles. The Hall–Kier alpha value is -2.84. The Kier molecular flexibility index (Phi) is 8.93. The third kappa shape index (κ3) is 7.73. The van der Waals surface area contributed by atoms with Crippen molar-refractivity contribution in [1.29, 1.82) is 0 Å². The van der Waals surface area contributed by atoms with Crippen molar-refractivity contribution in [1.82, 2.24) is 25.1 Å². The van der Waals surface area contributed by atoms with Crippen LogP contribution >= 0.6 is 0 Å². The zero-order valence-electron chi connectivity index (χ0n) is 18.1. The van der Waals surface area contributed by atoms with E-state index in [1.54, 1.807) is 11.1 Å². The average Bonchev–Trinajstić information content (AvgIpc) is 2.80. The SMILES string of the molecule is Cc1cnc(C(=O)N(CCC(=O)NCCc2ccccc2)CCN2CCOCC2)cn1. The van der Waals surface area contributed by atoms with E-state index in [0.29, 0.717) is 38.5 Å².